The maximum Gasteiger partial charge on any atom is 0.249 e. The Morgan fingerprint density at radius 3 is 2.50 bits per heavy atom. The molecule has 0 aromatic carbocycles. The Morgan fingerprint density at radius 1 is 1.33 bits per heavy atom. The molecule has 1 aliphatic rings. The van der Waals surface area contributed by atoms with Gasteiger partial charge >= 0.3 is 0 Å². The average molecular weight is 184 g/mol. The first-order chi connectivity index (χ1) is 5.79. The molecule has 12 heavy (non-hydrogen) atoms. The number of nitrogens with one attached hydrogen (secondary N) is 2. The summed E-state index contributed by atoms with van der Waals surface area (Å²) in [7, 11) is 4.59. The van der Waals surface area contributed by atoms with Gasteiger partial charge in [-0.3, -0.25) is 9.80 Å². The van der Waals surface area contributed by atoms with Crippen LogP contribution in [0.1, 0.15) is 11.0 Å². The Kier molecular flexibility index (Phi) is 2.17. The standard InChI is InChI=1S/C9H14N2S/c1-10-5-6-11(2)9(10)8-4-3-7-12-8/h3-4,7,9H,5-6H2,1-2H3/p+2. The van der Waals surface area contributed by atoms with Gasteiger partial charge in [0.1, 0.15) is 18.0 Å². The number of quaternary nitrogens is 2. The van der Waals surface area contributed by atoms with Gasteiger partial charge in [-0.15, -0.1) is 11.3 Å². The number of rotatable bonds is 1. The molecule has 0 aliphatic carbocycles. The second-order valence-corrected chi connectivity index (χ2v) is 4.62. The van der Waals surface area contributed by atoms with Gasteiger partial charge in [-0.25, -0.2) is 0 Å². The summed E-state index contributed by atoms with van der Waals surface area (Å²) in [5, 5.41) is 2.17. The maximum atomic E-state index is 2.29. The van der Waals surface area contributed by atoms with Crippen LogP contribution in [-0.4, -0.2) is 27.2 Å². The zero-order chi connectivity index (χ0) is 8.55. The molecule has 2 atom stereocenters. The van der Waals surface area contributed by atoms with E-state index in [-0.39, 0.29) is 0 Å². The molecular formula is C9H16N2S+2. The first-order valence-corrected chi connectivity index (χ1v) is 5.35. The van der Waals surface area contributed by atoms with Crippen LogP contribution in [0.15, 0.2) is 17.5 Å². The highest BCUT2D eigenvalue weighted by Crippen LogP contribution is 2.12. The lowest BCUT2D eigenvalue weighted by Crippen LogP contribution is -3.20. The average Bonchev–Trinajstić information content (AvgIpc) is 2.61. The molecule has 66 valence electrons. The summed E-state index contributed by atoms with van der Waals surface area (Å²) in [6.07, 6.45) is 0.685. The number of thiophene rings is 1. The van der Waals surface area contributed by atoms with Crippen LogP contribution in [0, 0.1) is 0 Å². The van der Waals surface area contributed by atoms with Gasteiger partial charge in [0.2, 0.25) is 6.17 Å². The lowest BCUT2D eigenvalue weighted by Gasteiger charge is -2.16. The normalized spacial score (nSPS) is 35.7. The van der Waals surface area contributed by atoms with Gasteiger partial charge in [0.05, 0.1) is 14.1 Å². The number of hydrogen-bond acceptors (Lipinski definition) is 1. The van der Waals surface area contributed by atoms with Crippen LogP contribution in [0.25, 0.3) is 0 Å². The summed E-state index contributed by atoms with van der Waals surface area (Å²) >= 11 is 1.89. The van der Waals surface area contributed by atoms with Gasteiger partial charge in [-0.05, 0) is 11.4 Å². The molecule has 0 saturated carbocycles. The summed E-state index contributed by atoms with van der Waals surface area (Å²) in [4.78, 5) is 4.83. The smallest absolute Gasteiger partial charge is 0.249 e. The predicted molar refractivity (Wildman–Crippen MR) is 50.6 cm³/mol. The molecule has 0 bridgehead atoms. The fourth-order valence-electron chi connectivity index (χ4n) is 2.04. The van der Waals surface area contributed by atoms with E-state index in [2.05, 4.69) is 31.6 Å². The highest BCUT2D eigenvalue weighted by molar-refractivity contribution is 7.09. The van der Waals surface area contributed by atoms with Crippen molar-refractivity contribution in [1.29, 1.82) is 0 Å². The molecule has 1 saturated heterocycles. The molecule has 2 heterocycles. The zero-order valence-corrected chi connectivity index (χ0v) is 8.45. The molecule has 1 fully saturated rings. The van der Waals surface area contributed by atoms with E-state index < -0.39 is 0 Å². The largest absolute Gasteiger partial charge is 0.279 e. The van der Waals surface area contributed by atoms with Crippen LogP contribution in [0.5, 0.6) is 0 Å². The van der Waals surface area contributed by atoms with Crippen molar-refractivity contribution in [3.8, 4) is 0 Å². The van der Waals surface area contributed by atoms with E-state index in [0.717, 1.165) is 0 Å². The minimum Gasteiger partial charge on any atom is -0.279 e. The highest BCUT2D eigenvalue weighted by atomic mass is 32.1. The summed E-state index contributed by atoms with van der Waals surface area (Å²) in [5.41, 5.74) is 0. The van der Waals surface area contributed by atoms with Crippen molar-refractivity contribution in [2.75, 3.05) is 27.2 Å². The molecule has 1 aliphatic heterocycles. The Labute approximate surface area is 77.4 Å². The fraction of sp³-hybridized carbons (Fsp3) is 0.556. The summed E-state index contributed by atoms with van der Waals surface area (Å²) in [5.74, 6) is 0. The zero-order valence-electron chi connectivity index (χ0n) is 7.63. The summed E-state index contributed by atoms with van der Waals surface area (Å²) < 4.78 is 0. The first kappa shape index (κ1) is 8.23. The number of hydrogen-bond donors (Lipinski definition) is 2. The molecular weight excluding hydrogens is 168 g/mol. The van der Waals surface area contributed by atoms with E-state index in [0.29, 0.717) is 6.17 Å². The molecule has 2 unspecified atom stereocenters. The lowest BCUT2D eigenvalue weighted by atomic mass is 10.3. The van der Waals surface area contributed by atoms with Gasteiger partial charge < -0.3 is 0 Å². The molecule has 1 aromatic rings. The maximum absolute atomic E-state index is 2.29. The van der Waals surface area contributed by atoms with Crippen molar-refractivity contribution >= 4 is 11.3 Å². The third-order valence-electron chi connectivity index (χ3n) is 2.73. The van der Waals surface area contributed by atoms with Crippen LogP contribution >= 0.6 is 11.3 Å². The molecule has 0 amide bonds. The fourth-order valence-corrected chi connectivity index (χ4v) is 3.05. The molecule has 2 rings (SSSR count). The summed E-state index contributed by atoms with van der Waals surface area (Å²) in [6.45, 7) is 2.60. The Morgan fingerprint density at radius 2 is 2.00 bits per heavy atom. The summed E-state index contributed by atoms with van der Waals surface area (Å²) in [6, 6.07) is 4.41. The SMILES string of the molecule is C[NH+]1CC[NH+](C)C1c1cccs1. The van der Waals surface area contributed by atoms with Crippen LogP contribution in [0.2, 0.25) is 0 Å². The highest BCUT2D eigenvalue weighted by Gasteiger charge is 2.36. The van der Waals surface area contributed by atoms with Crippen LogP contribution in [0.3, 0.4) is 0 Å². The van der Waals surface area contributed by atoms with Crippen molar-refractivity contribution in [1.82, 2.24) is 0 Å². The predicted octanol–water partition coefficient (Wildman–Crippen LogP) is -1.21. The molecule has 0 radical (unpaired) electrons. The van der Waals surface area contributed by atoms with E-state index in [1.807, 2.05) is 11.3 Å². The van der Waals surface area contributed by atoms with Gasteiger partial charge in [-0.2, -0.15) is 0 Å². The number of likely N-dealkylation sites (N-methyl/N-ethyl adjacent to an activating group) is 2. The van der Waals surface area contributed by atoms with Crippen LogP contribution in [0.4, 0.5) is 0 Å². The second-order valence-electron chi connectivity index (χ2n) is 3.64. The van der Waals surface area contributed by atoms with E-state index in [1.165, 1.54) is 18.0 Å². The van der Waals surface area contributed by atoms with Gasteiger partial charge in [-0.1, -0.05) is 6.07 Å². The van der Waals surface area contributed by atoms with Crippen molar-refractivity contribution in [3.63, 3.8) is 0 Å². The van der Waals surface area contributed by atoms with E-state index in [4.69, 9.17) is 0 Å². The molecule has 1 aromatic heterocycles. The van der Waals surface area contributed by atoms with Gasteiger partial charge in [0.25, 0.3) is 0 Å². The monoisotopic (exact) mass is 184 g/mol. The quantitative estimate of drug-likeness (QED) is 0.542. The second kappa shape index (κ2) is 3.17. The van der Waals surface area contributed by atoms with Crippen molar-refractivity contribution < 1.29 is 9.80 Å². The van der Waals surface area contributed by atoms with Crippen LogP contribution in [-0.2, 0) is 0 Å². The molecule has 2 nitrogen and oxygen atoms in total. The Balaban J connectivity index is 2.22. The molecule has 2 N–H and O–H groups in total. The lowest BCUT2D eigenvalue weighted by molar-refractivity contribution is -1.06. The Bertz CT molecular complexity index is 235. The molecule has 3 heteroatoms. The van der Waals surface area contributed by atoms with Gasteiger partial charge in [0, 0.05) is 0 Å². The topological polar surface area (TPSA) is 8.88 Å². The van der Waals surface area contributed by atoms with E-state index in [9.17, 15) is 0 Å². The Hall–Kier alpha value is -0.380. The third-order valence-corrected chi connectivity index (χ3v) is 3.66. The minimum absolute atomic E-state index is 0.685. The van der Waals surface area contributed by atoms with Crippen molar-refractivity contribution in [3.05, 3.63) is 22.4 Å². The molecule has 0 spiro atoms. The minimum atomic E-state index is 0.685. The third kappa shape index (κ3) is 1.28. The van der Waals surface area contributed by atoms with E-state index >= 15 is 0 Å². The van der Waals surface area contributed by atoms with Crippen molar-refractivity contribution in [2.45, 2.75) is 6.17 Å². The van der Waals surface area contributed by atoms with Gasteiger partial charge in [0.15, 0.2) is 0 Å². The van der Waals surface area contributed by atoms with Crippen LogP contribution < -0.4 is 9.80 Å². The van der Waals surface area contributed by atoms with E-state index in [1.54, 1.807) is 9.80 Å². The first-order valence-electron chi connectivity index (χ1n) is 4.47. The van der Waals surface area contributed by atoms with Crippen molar-refractivity contribution in [2.24, 2.45) is 0 Å².